The Morgan fingerprint density at radius 2 is 2.17 bits per heavy atom. The predicted octanol–water partition coefficient (Wildman–Crippen LogP) is -0.547. The van der Waals surface area contributed by atoms with Crippen LogP contribution in [0.4, 0.5) is 0 Å². The van der Waals surface area contributed by atoms with Crippen LogP contribution in [0.15, 0.2) is 14.5 Å². The molecule has 0 bridgehead atoms. The van der Waals surface area contributed by atoms with E-state index >= 15 is 0 Å². The molecule has 0 unspecified atom stereocenters. The lowest BCUT2D eigenvalue weighted by Crippen LogP contribution is -2.43. The van der Waals surface area contributed by atoms with Crippen LogP contribution in [0.3, 0.4) is 0 Å². The largest absolute Gasteiger partial charge is 0.385 e. The number of rotatable bonds is 11. The summed E-state index contributed by atoms with van der Waals surface area (Å²) in [6.45, 7) is 1.93. The molecule has 1 aromatic rings. The zero-order valence-electron chi connectivity index (χ0n) is 16.2. The van der Waals surface area contributed by atoms with Gasteiger partial charge in [-0.05, 0) is 19.0 Å². The average molecular weight is 487 g/mol. The molecule has 0 saturated carbocycles. The number of hydrogen-bond acceptors (Lipinski definition) is 11. The van der Waals surface area contributed by atoms with Crippen LogP contribution in [0.5, 0.6) is 0 Å². The minimum Gasteiger partial charge on any atom is -0.385 e. The topological polar surface area (TPSA) is 174 Å². The van der Waals surface area contributed by atoms with Gasteiger partial charge in [-0.3, -0.25) is 4.79 Å². The van der Waals surface area contributed by atoms with E-state index in [1.807, 2.05) is 6.92 Å². The fourth-order valence-electron chi connectivity index (χ4n) is 2.82. The Morgan fingerprint density at radius 3 is 2.77 bits per heavy atom. The van der Waals surface area contributed by atoms with Crippen LogP contribution in [-0.2, 0) is 34.4 Å². The van der Waals surface area contributed by atoms with Crippen molar-refractivity contribution in [1.82, 2.24) is 14.3 Å². The maximum Gasteiger partial charge on any atom is 0.295 e. The van der Waals surface area contributed by atoms with E-state index in [0.717, 1.165) is 0 Å². The van der Waals surface area contributed by atoms with Crippen molar-refractivity contribution < 1.29 is 36.3 Å². The van der Waals surface area contributed by atoms with Gasteiger partial charge in [0.25, 0.3) is 31.0 Å². The molecular formula is C14H22N4O9S3. The highest BCUT2D eigenvalue weighted by molar-refractivity contribution is 7.94. The first kappa shape index (κ1) is 24.4. The maximum atomic E-state index is 13.0. The van der Waals surface area contributed by atoms with Crippen LogP contribution >= 0.6 is 11.3 Å². The number of hydrogen-bond donors (Lipinski definition) is 2. The molecule has 1 atom stereocenters. The highest BCUT2D eigenvalue weighted by atomic mass is 32.3. The second-order valence-electron chi connectivity index (χ2n) is 6.15. The summed E-state index contributed by atoms with van der Waals surface area (Å²) in [5.74, 6) is -1.26. The van der Waals surface area contributed by atoms with E-state index in [-0.39, 0.29) is 17.3 Å². The third-order valence-electron chi connectivity index (χ3n) is 4.06. The molecule has 2 rings (SSSR count). The Morgan fingerprint density at radius 1 is 1.47 bits per heavy atom. The van der Waals surface area contributed by atoms with Gasteiger partial charge in [0.05, 0.1) is 0 Å². The van der Waals surface area contributed by atoms with Crippen LogP contribution in [-0.4, -0.2) is 72.1 Å². The predicted molar refractivity (Wildman–Crippen MR) is 104 cm³/mol. The van der Waals surface area contributed by atoms with Crippen LogP contribution in [0, 0.1) is 10.1 Å². The van der Waals surface area contributed by atoms with Crippen LogP contribution in [0.2, 0.25) is 0 Å². The molecule has 0 spiro atoms. The molecule has 2 N–H and O–H groups in total. The second-order valence-corrected chi connectivity index (χ2v) is 11.2. The molecule has 2 heterocycles. The lowest BCUT2D eigenvalue weighted by atomic mass is 10.1. The van der Waals surface area contributed by atoms with Crippen molar-refractivity contribution in [1.29, 1.82) is 0 Å². The van der Waals surface area contributed by atoms with Crippen molar-refractivity contribution in [3.8, 4) is 0 Å². The number of likely N-dealkylation sites (N-methyl/N-ethyl adjacent to an activating group) is 1. The molecular weight excluding hydrogens is 464 g/mol. The van der Waals surface area contributed by atoms with E-state index in [1.165, 1.54) is 17.5 Å². The van der Waals surface area contributed by atoms with Crippen LogP contribution in [0.1, 0.15) is 24.9 Å². The van der Waals surface area contributed by atoms with E-state index < -0.39 is 47.9 Å². The number of sulfonamides is 2. The van der Waals surface area contributed by atoms with E-state index in [1.54, 1.807) is 4.72 Å². The van der Waals surface area contributed by atoms with Crippen molar-refractivity contribution >= 4 is 37.3 Å². The SMILES string of the molecule is CCN[C@H]1CN(CCCOC)S(=O)(=O)c2sc(S(=O)(=O)NC(=O)CO[N+](=O)[O-])cc21. The van der Waals surface area contributed by atoms with Gasteiger partial charge in [0.1, 0.15) is 8.42 Å². The molecule has 1 aliphatic heterocycles. The molecule has 170 valence electrons. The minimum atomic E-state index is -4.44. The van der Waals surface area contributed by atoms with Crippen molar-refractivity contribution in [2.45, 2.75) is 27.8 Å². The Balaban J connectivity index is 2.34. The van der Waals surface area contributed by atoms with Gasteiger partial charge >= 0.3 is 0 Å². The monoisotopic (exact) mass is 486 g/mol. The molecule has 1 amide bonds. The summed E-state index contributed by atoms with van der Waals surface area (Å²) in [7, 11) is -6.88. The zero-order chi connectivity index (χ0) is 22.5. The molecule has 0 aliphatic carbocycles. The van der Waals surface area contributed by atoms with Gasteiger partial charge < -0.3 is 14.9 Å². The molecule has 30 heavy (non-hydrogen) atoms. The summed E-state index contributed by atoms with van der Waals surface area (Å²) in [5, 5.41) is 12.0. The van der Waals surface area contributed by atoms with E-state index in [4.69, 9.17) is 4.74 Å². The Kier molecular flexibility index (Phi) is 8.12. The molecule has 13 nitrogen and oxygen atoms in total. The van der Waals surface area contributed by atoms with Crippen molar-refractivity contribution in [3.63, 3.8) is 0 Å². The number of carbonyl (C=O) groups is 1. The van der Waals surface area contributed by atoms with Gasteiger partial charge in [-0.1, -0.05) is 6.92 Å². The number of nitrogens with one attached hydrogen (secondary N) is 2. The molecule has 16 heteroatoms. The summed E-state index contributed by atoms with van der Waals surface area (Å²) in [6.07, 6.45) is 0.465. The summed E-state index contributed by atoms with van der Waals surface area (Å²) in [5.41, 5.74) is 0.291. The highest BCUT2D eigenvalue weighted by Gasteiger charge is 2.40. The van der Waals surface area contributed by atoms with Gasteiger partial charge in [0.15, 0.2) is 6.61 Å². The number of thiophene rings is 1. The van der Waals surface area contributed by atoms with Crippen molar-refractivity contribution in [3.05, 3.63) is 21.7 Å². The number of ether oxygens (including phenoxy) is 1. The summed E-state index contributed by atoms with van der Waals surface area (Å²) >= 11 is 0.510. The summed E-state index contributed by atoms with van der Waals surface area (Å²) in [4.78, 5) is 25.6. The van der Waals surface area contributed by atoms with E-state index in [0.29, 0.717) is 36.5 Å². The van der Waals surface area contributed by atoms with Crippen molar-refractivity contribution in [2.24, 2.45) is 0 Å². The molecule has 0 aromatic carbocycles. The quantitative estimate of drug-likeness (QED) is 0.235. The number of nitrogens with zero attached hydrogens (tertiary/aromatic N) is 2. The fraction of sp³-hybridized carbons (Fsp3) is 0.643. The first-order valence-electron chi connectivity index (χ1n) is 8.72. The van der Waals surface area contributed by atoms with Gasteiger partial charge in [0, 0.05) is 38.4 Å². The van der Waals surface area contributed by atoms with E-state index in [2.05, 4.69) is 10.2 Å². The molecule has 1 aliphatic rings. The first-order valence-corrected chi connectivity index (χ1v) is 12.5. The number of fused-ring (bicyclic) bond motifs is 1. The fourth-order valence-corrected chi connectivity index (χ4v) is 7.67. The average Bonchev–Trinajstić information content (AvgIpc) is 3.11. The van der Waals surface area contributed by atoms with Gasteiger partial charge in [-0.25, -0.2) is 21.6 Å². The highest BCUT2D eigenvalue weighted by Crippen LogP contribution is 2.40. The molecule has 0 radical (unpaired) electrons. The molecule has 1 aromatic heterocycles. The third-order valence-corrected chi connectivity index (χ3v) is 9.45. The number of amides is 1. The lowest BCUT2D eigenvalue weighted by molar-refractivity contribution is -0.754. The van der Waals surface area contributed by atoms with Crippen LogP contribution < -0.4 is 10.0 Å². The van der Waals surface area contributed by atoms with Gasteiger partial charge in [0.2, 0.25) is 0 Å². The number of methoxy groups -OCH3 is 1. The first-order chi connectivity index (χ1) is 14.0. The van der Waals surface area contributed by atoms with Crippen LogP contribution in [0.25, 0.3) is 0 Å². The maximum absolute atomic E-state index is 13.0. The van der Waals surface area contributed by atoms with Gasteiger partial charge in [-0.15, -0.1) is 21.5 Å². The second kappa shape index (κ2) is 9.97. The smallest absolute Gasteiger partial charge is 0.295 e. The standard InChI is InChI=1S/C14H22N4O9S3/c1-3-15-11-8-17(5-4-6-26-2)30(24,25)14-10(11)7-13(28-14)29(22,23)16-12(19)9-27-18(20)21/h7,11,15H,3-6,8-9H2,1-2H3,(H,16,19)/t11-/m0/s1. The number of carbonyl (C=O) groups excluding carboxylic acids is 1. The summed E-state index contributed by atoms with van der Waals surface area (Å²) in [6, 6.07) is 0.756. The van der Waals surface area contributed by atoms with Crippen molar-refractivity contribution in [2.75, 3.05) is 40.0 Å². The summed E-state index contributed by atoms with van der Waals surface area (Å²) < 4.78 is 58.2. The lowest BCUT2D eigenvalue weighted by Gasteiger charge is -2.32. The molecule has 0 fully saturated rings. The van der Waals surface area contributed by atoms with E-state index in [9.17, 15) is 31.7 Å². The van der Waals surface area contributed by atoms with Gasteiger partial charge in [-0.2, -0.15) is 4.31 Å². The Bertz CT molecular complexity index is 990. The third kappa shape index (κ3) is 5.64. The Hall–Kier alpha value is -1.85. The minimum absolute atomic E-state index is 0.117. The normalized spacial score (nSPS) is 18.5. The Labute approximate surface area is 177 Å². The zero-order valence-corrected chi connectivity index (χ0v) is 18.6. The molecule has 0 saturated heterocycles.